The molecule has 4 N–H and O–H groups in total. The van der Waals surface area contributed by atoms with Gasteiger partial charge in [0.15, 0.2) is 11.5 Å². The molecule has 0 fully saturated rings. The Kier molecular flexibility index (Phi) is 4.24. The maximum Gasteiger partial charge on any atom is 0.221 e. The first-order valence-electron chi connectivity index (χ1n) is 7.28. The molecule has 2 aromatic heterocycles. The third kappa shape index (κ3) is 2.96. The van der Waals surface area contributed by atoms with Gasteiger partial charge in [-0.25, -0.2) is 4.98 Å². The Labute approximate surface area is 139 Å². The fourth-order valence-corrected chi connectivity index (χ4v) is 2.53. The molecule has 0 unspecified atom stereocenters. The Morgan fingerprint density at radius 1 is 1.17 bits per heavy atom. The molecule has 3 aromatic rings. The van der Waals surface area contributed by atoms with Crippen LogP contribution in [0.25, 0.3) is 11.3 Å². The molecular weight excluding hydrogens is 308 g/mol. The first-order chi connectivity index (χ1) is 11.6. The number of methoxy groups -OCH3 is 2. The monoisotopic (exact) mass is 326 g/mol. The SMILES string of the molecule is COc1cc(Cc2cnc(N)nc2N)cc(-c2ccco2)c1OC. The first-order valence-corrected chi connectivity index (χ1v) is 7.28. The van der Waals surface area contributed by atoms with Crippen molar-refractivity contribution in [2.75, 3.05) is 25.7 Å². The Hall–Kier alpha value is -3.22. The normalized spacial score (nSPS) is 10.6. The number of ether oxygens (including phenoxy) is 2. The molecule has 0 aliphatic carbocycles. The van der Waals surface area contributed by atoms with Crippen LogP contribution in [0.1, 0.15) is 11.1 Å². The van der Waals surface area contributed by atoms with Crippen LogP contribution in [0.3, 0.4) is 0 Å². The summed E-state index contributed by atoms with van der Waals surface area (Å²) in [7, 11) is 3.18. The van der Waals surface area contributed by atoms with Crippen LogP contribution in [-0.2, 0) is 6.42 Å². The van der Waals surface area contributed by atoms with Crippen molar-refractivity contribution < 1.29 is 13.9 Å². The van der Waals surface area contributed by atoms with Crippen LogP contribution in [0.4, 0.5) is 11.8 Å². The van der Waals surface area contributed by atoms with Gasteiger partial charge in [0.1, 0.15) is 11.6 Å². The summed E-state index contributed by atoms with van der Waals surface area (Å²) in [6, 6.07) is 7.54. The van der Waals surface area contributed by atoms with Gasteiger partial charge in [-0.2, -0.15) is 4.98 Å². The molecule has 0 amide bonds. The van der Waals surface area contributed by atoms with E-state index < -0.39 is 0 Å². The zero-order valence-electron chi connectivity index (χ0n) is 13.4. The average Bonchev–Trinajstić information content (AvgIpc) is 3.11. The summed E-state index contributed by atoms with van der Waals surface area (Å²) in [6.07, 6.45) is 3.76. The van der Waals surface area contributed by atoms with Crippen molar-refractivity contribution in [3.05, 3.63) is 47.9 Å². The van der Waals surface area contributed by atoms with Crippen LogP contribution in [-0.4, -0.2) is 24.2 Å². The molecule has 3 rings (SSSR count). The molecule has 0 bridgehead atoms. The highest BCUT2D eigenvalue weighted by molar-refractivity contribution is 5.71. The zero-order chi connectivity index (χ0) is 17.1. The van der Waals surface area contributed by atoms with Crippen molar-refractivity contribution in [3.63, 3.8) is 0 Å². The second-order valence-electron chi connectivity index (χ2n) is 5.17. The minimum absolute atomic E-state index is 0.153. The lowest BCUT2D eigenvalue weighted by molar-refractivity contribution is 0.355. The summed E-state index contributed by atoms with van der Waals surface area (Å²) in [4.78, 5) is 7.99. The van der Waals surface area contributed by atoms with Crippen molar-refractivity contribution >= 4 is 11.8 Å². The van der Waals surface area contributed by atoms with Gasteiger partial charge in [-0.1, -0.05) is 0 Å². The van der Waals surface area contributed by atoms with Gasteiger partial charge in [-0.3, -0.25) is 0 Å². The average molecular weight is 326 g/mol. The van der Waals surface area contributed by atoms with E-state index in [1.165, 1.54) is 0 Å². The highest BCUT2D eigenvalue weighted by Crippen LogP contribution is 2.40. The maximum absolute atomic E-state index is 5.92. The smallest absolute Gasteiger partial charge is 0.221 e. The van der Waals surface area contributed by atoms with Crippen LogP contribution >= 0.6 is 0 Å². The standard InChI is InChI=1S/C17H18N4O3/c1-22-14-8-10(6-11-9-20-17(19)21-16(11)18)7-12(15(14)23-2)13-4-3-5-24-13/h3-5,7-9H,6H2,1-2H3,(H4,18,19,20,21). The molecule has 1 aromatic carbocycles. The van der Waals surface area contributed by atoms with Crippen LogP contribution in [0.5, 0.6) is 11.5 Å². The minimum atomic E-state index is 0.153. The molecule has 0 spiro atoms. The molecule has 7 nitrogen and oxygen atoms in total. The van der Waals surface area contributed by atoms with E-state index in [1.54, 1.807) is 26.7 Å². The second kappa shape index (κ2) is 6.49. The summed E-state index contributed by atoms with van der Waals surface area (Å²) in [5.74, 6) is 2.42. The van der Waals surface area contributed by atoms with E-state index in [-0.39, 0.29) is 5.95 Å². The van der Waals surface area contributed by atoms with Crippen molar-refractivity contribution in [1.82, 2.24) is 9.97 Å². The fraction of sp³-hybridized carbons (Fsp3) is 0.176. The lowest BCUT2D eigenvalue weighted by Gasteiger charge is -2.14. The van der Waals surface area contributed by atoms with E-state index >= 15 is 0 Å². The highest BCUT2D eigenvalue weighted by atomic mass is 16.5. The lowest BCUT2D eigenvalue weighted by Crippen LogP contribution is -2.04. The van der Waals surface area contributed by atoms with E-state index in [0.29, 0.717) is 29.5 Å². The highest BCUT2D eigenvalue weighted by Gasteiger charge is 2.17. The zero-order valence-corrected chi connectivity index (χ0v) is 13.4. The minimum Gasteiger partial charge on any atom is -0.493 e. The molecule has 0 saturated heterocycles. The number of rotatable bonds is 5. The van der Waals surface area contributed by atoms with Crippen molar-refractivity contribution in [3.8, 4) is 22.8 Å². The van der Waals surface area contributed by atoms with Crippen LogP contribution in [0, 0.1) is 0 Å². The second-order valence-corrected chi connectivity index (χ2v) is 5.17. The largest absolute Gasteiger partial charge is 0.493 e. The van der Waals surface area contributed by atoms with E-state index in [2.05, 4.69) is 9.97 Å². The predicted molar refractivity (Wildman–Crippen MR) is 90.9 cm³/mol. The maximum atomic E-state index is 5.92. The van der Waals surface area contributed by atoms with Crippen LogP contribution in [0.2, 0.25) is 0 Å². The number of nitrogens with two attached hydrogens (primary N) is 2. The third-order valence-corrected chi connectivity index (χ3v) is 3.64. The van der Waals surface area contributed by atoms with Gasteiger partial charge in [-0.05, 0) is 29.8 Å². The summed E-state index contributed by atoms with van der Waals surface area (Å²) in [5, 5.41) is 0. The number of benzene rings is 1. The van der Waals surface area contributed by atoms with Gasteiger partial charge in [0, 0.05) is 18.2 Å². The molecular formula is C17H18N4O3. The van der Waals surface area contributed by atoms with Crippen molar-refractivity contribution in [1.29, 1.82) is 0 Å². The number of hydrogen-bond acceptors (Lipinski definition) is 7. The molecule has 0 aliphatic heterocycles. The Bertz CT molecular complexity index is 847. The number of nitrogens with zero attached hydrogens (tertiary/aromatic N) is 2. The Morgan fingerprint density at radius 3 is 2.62 bits per heavy atom. The number of nitrogen functional groups attached to an aromatic ring is 2. The predicted octanol–water partition coefficient (Wildman–Crippen LogP) is 2.51. The van der Waals surface area contributed by atoms with E-state index in [9.17, 15) is 0 Å². The fourth-order valence-electron chi connectivity index (χ4n) is 2.53. The Balaban J connectivity index is 2.07. The molecule has 24 heavy (non-hydrogen) atoms. The number of furan rings is 1. The van der Waals surface area contributed by atoms with Gasteiger partial charge < -0.3 is 25.4 Å². The lowest BCUT2D eigenvalue weighted by atomic mass is 10.0. The van der Waals surface area contributed by atoms with Crippen molar-refractivity contribution in [2.24, 2.45) is 0 Å². The van der Waals surface area contributed by atoms with Gasteiger partial charge in [0.05, 0.1) is 26.0 Å². The summed E-state index contributed by atoms with van der Waals surface area (Å²) >= 11 is 0. The van der Waals surface area contributed by atoms with Crippen LogP contribution in [0.15, 0.2) is 41.1 Å². The molecule has 0 atom stereocenters. The van der Waals surface area contributed by atoms with E-state index in [0.717, 1.165) is 16.7 Å². The number of anilines is 2. The van der Waals surface area contributed by atoms with E-state index in [4.69, 9.17) is 25.4 Å². The topological polar surface area (TPSA) is 109 Å². The number of hydrogen-bond donors (Lipinski definition) is 2. The summed E-state index contributed by atoms with van der Waals surface area (Å²) < 4.78 is 16.4. The van der Waals surface area contributed by atoms with Crippen LogP contribution < -0.4 is 20.9 Å². The summed E-state index contributed by atoms with van der Waals surface area (Å²) in [5.41, 5.74) is 14.0. The number of aromatic nitrogens is 2. The third-order valence-electron chi connectivity index (χ3n) is 3.64. The molecule has 7 heteroatoms. The molecule has 2 heterocycles. The molecule has 0 radical (unpaired) electrons. The van der Waals surface area contributed by atoms with Gasteiger partial charge in [-0.15, -0.1) is 0 Å². The van der Waals surface area contributed by atoms with E-state index in [1.807, 2.05) is 24.3 Å². The van der Waals surface area contributed by atoms with Gasteiger partial charge in [0.2, 0.25) is 5.95 Å². The Morgan fingerprint density at radius 2 is 2.00 bits per heavy atom. The van der Waals surface area contributed by atoms with Crippen molar-refractivity contribution in [2.45, 2.75) is 6.42 Å². The first kappa shape index (κ1) is 15.7. The quantitative estimate of drug-likeness (QED) is 0.741. The molecule has 124 valence electrons. The van der Waals surface area contributed by atoms with Gasteiger partial charge >= 0.3 is 0 Å². The summed E-state index contributed by atoms with van der Waals surface area (Å²) in [6.45, 7) is 0. The van der Waals surface area contributed by atoms with Gasteiger partial charge in [0.25, 0.3) is 0 Å². The molecule has 0 aliphatic rings. The molecule has 0 saturated carbocycles.